The lowest BCUT2D eigenvalue weighted by Crippen LogP contribution is -2.38. The molecule has 1 amide bonds. The van der Waals surface area contributed by atoms with Crippen molar-refractivity contribution in [2.24, 2.45) is 0 Å². The maximum absolute atomic E-state index is 12.6. The van der Waals surface area contributed by atoms with E-state index >= 15 is 0 Å². The van der Waals surface area contributed by atoms with Crippen LogP contribution in [0.1, 0.15) is 22.3 Å². The largest absolute Gasteiger partial charge is 0.473 e. The van der Waals surface area contributed by atoms with E-state index in [-0.39, 0.29) is 18.1 Å². The Bertz CT molecular complexity index is 708. The standard InChI is InChI=1S/C19H23N3O3/c1-22(12-16-10-17(23)11-21-16)19(24)15-7-8-20-18(9-15)25-13-14-5-3-2-4-6-14/h2-9,16-17,21,23H,10-13H2,1H3/t16-,17+/m0/s1. The first-order chi connectivity index (χ1) is 12.1. The van der Waals surface area contributed by atoms with Gasteiger partial charge < -0.3 is 20.1 Å². The molecule has 0 aliphatic carbocycles. The number of carbonyl (C=O) groups excluding carboxylic acids is 1. The van der Waals surface area contributed by atoms with E-state index in [9.17, 15) is 9.90 Å². The number of aromatic nitrogens is 1. The number of hydrogen-bond acceptors (Lipinski definition) is 5. The molecule has 2 aromatic rings. The summed E-state index contributed by atoms with van der Waals surface area (Å²) in [6, 6.07) is 13.3. The molecule has 0 bridgehead atoms. The van der Waals surface area contributed by atoms with Gasteiger partial charge >= 0.3 is 0 Å². The Morgan fingerprint density at radius 2 is 2.16 bits per heavy atom. The number of amides is 1. The summed E-state index contributed by atoms with van der Waals surface area (Å²) in [5, 5.41) is 12.8. The Labute approximate surface area is 147 Å². The molecule has 0 radical (unpaired) electrons. The average Bonchev–Trinajstić information content (AvgIpc) is 3.05. The lowest BCUT2D eigenvalue weighted by Gasteiger charge is -2.21. The number of nitrogens with zero attached hydrogens (tertiary/aromatic N) is 2. The lowest BCUT2D eigenvalue weighted by atomic mass is 10.1. The van der Waals surface area contributed by atoms with Crippen molar-refractivity contribution in [1.82, 2.24) is 15.2 Å². The zero-order valence-corrected chi connectivity index (χ0v) is 14.3. The van der Waals surface area contributed by atoms with Crippen LogP contribution in [0.4, 0.5) is 0 Å². The minimum absolute atomic E-state index is 0.0878. The Balaban J connectivity index is 1.59. The van der Waals surface area contributed by atoms with Crippen LogP contribution in [0, 0.1) is 0 Å². The fraction of sp³-hybridized carbons (Fsp3) is 0.368. The van der Waals surface area contributed by atoms with Gasteiger partial charge in [0.1, 0.15) is 6.61 Å². The minimum atomic E-state index is -0.326. The van der Waals surface area contributed by atoms with Crippen LogP contribution in [0.25, 0.3) is 0 Å². The predicted molar refractivity (Wildman–Crippen MR) is 94.4 cm³/mol. The van der Waals surface area contributed by atoms with Gasteiger partial charge in [0.25, 0.3) is 5.91 Å². The van der Waals surface area contributed by atoms with Gasteiger partial charge in [0.2, 0.25) is 5.88 Å². The number of likely N-dealkylation sites (N-methyl/N-ethyl adjacent to an activating group) is 1. The van der Waals surface area contributed by atoms with Crippen molar-refractivity contribution in [3.8, 4) is 5.88 Å². The second-order valence-corrected chi connectivity index (χ2v) is 6.34. The van der Waals surface area contributed by atoms with Gasteiger partial charge in [0, 0.05) is 44.0 Å². The summed E-state index contributed by atoms with van der Waals surface area (Å²) < 4.78 is 5.68. The van der Waals surface area contributed by atoms with Gasteiger partial charge in [0.15, 0.2) is 0 Å². The summed E-state index contributed by atoms with van der Waals surface area (Å²) in [7, 11) is 1.76. The fourth-order valence-corrected chi connectivity index (χ4v) is 2.92. The first kappa shape index (κ1) is 17.4. The van der Waals surface area contributed by atoms with Crippen LogP contribution < -0.4 is 10.1 Å². The molecule has 1 fully saturated rings. The van der Waals surface area contributed by atoms with Gasteiger partial charge in [-0.25, -0.2) is 4.98 Å². The second-order valence-electron chi connectivity index (χ2n) is 6.34. The van der Waals surface area contributed by atoms with Crippen molar-refractivity contribution < 1.29 is 14.6 Å². The third-order valence-electron chi connectivity index (χ3n) is 4.25. The van der Waals surface area contributed by atoms with E-state index in [1.807, 2.05) is 30.3 Å². The molecule has 132 valence electrons. The topological polar surface area (TPSA) is 74.7 Å². The Morgan fingerprint density at radius 3 is 2.88 bits per heavy atom. The van der Waals surface area contributed by atoms with Gasteiger partial charge in [-0.1, -0.05) is 30.3 Å². The SMILES string of the molecule is CN(C[C@@H]1C[C@@H](O)CN1)C(=O)c1ccnc(OCc2ccccc2)c1. The Hall–Kier alpha value is -2.44. The summed E-state index contributed by atoms with van der Waals surface area (Å²) in [4.78, 5) is 18.4. The number of carbonyl (C=O) groups is 1. The van der Waals surface area contributed by atoms with E-state index in [1.165, 1.54) is 0 Å². The molecule has 1 aromatic carbocycles. The highest BCUT2D eigenvalue weighted by Gasteiger charge is 2.25. The molecule has 1 aliphatic rings. The number of ether oxygens (including phenoxy) is 1. The maximum atomic E-state index is 12.6. The molecule has 0 saturated carbocycles. The van der Waals surface area contributed by atoms with E-state index in [4.69, 9.17) is 4.74 Å². The lowest BCUT2D eigenvalue weighted by molar-refractivity contribution is 0.0780. The molecule has 25 heavy (non-hydrogen) atoms. The van der Waals surface area contributed by atoms with Crippen LogP contribution in [0.3, 0.4) is 0 Å². The normalized spacial score (nSPS) is 19.6. The molecule has 6 nitrogen and oxygen atoms in total. The predicted octanol–water partition coefficient (Wildman–Crippen LogP) is 1.46. The first-order valence-corrected chi connectivity index (χ1v) is 8.41. The van der Waals surface area contributed by atoms with Crippen molar-refractivity contribution in [3.63, 3.8) is 0 Å². The van der Waals surface area contributed by atoms with Crippen LogP contribution in [-0.2, 0) is 6.61 Å². The summed E-state index contributed by atoms with van der Waals surface area (Å²) in [6.07, 6.45) is 1.92. The van der Waals surface area contributed by atoms with E-state index in [1.54, 1.807) is 30.3 Å². The van der Waals surface area contributed by atoms with Gasteiger partial charge in [-0.2, -0.15) is 0 Å². The number of aliphatic hydroxyl groups is 1. The molecule has 2 atom stereocenters. The maximum Gasteiger partial charge on any atom is 0.253 e. The average molecular weight is 341 g/mol. The molecule has 6 heteroatoms. The van der Waals surface area contributed by atoms with Gasteiger partial charge in [0.05, 0.1) is 6.10 Å². The minimum Gasteiger partial charge on any atom is -0.473 e. The number of rotatable bonds is 6. The number of aliphatic hydroxyl groups excluding tert-OH is 1. The zero-order valence-electron chi connectivity index (χ0n) is 14.3. The summed E-state index contributed by atoms with van der Waals surface area (Å²) >= 11 is 0. The van der Waals surface area contributed by atoms with E-state index in [2.05, 4.69) is 10.3 Å². The first-order valence-electron chi connectivity index (χ1n) is 8.41. The van der Waals surface area contributed by atoms with Gasteiger partial charge in [-0.15, -0.1) is 0 Å². The fourth-order valence-electron chi connectivity index (χ4n) is 2.92. The van der Waals surface area contributed by atoms with Crippen LogP contribution in [0.2, 0.25) is 0 Å². The van der Waals surface area contributed by atoms with Crippen LogP contribution >= 0.6 is 0 Å². The van der Waals surface area contributed by atoms with Gasteiger partial charge in [-0.3, -0.25) is 4.79 Å². The highest BCUT2D eigenvalue weighted by molar-refractivity contribution is 5.94. The van der Waals surface area contributed by atoms with Crippen LogP contribution in [0.15, 0.2) is 48.7 Å². The van der Waals surface area contributed by atoms with E-state index in [0.717, 1.165) is 5.56 Å². The van der Waals surface area contributed by atoms with E-state index < -0.39 is 0 Å². The molecular formula is C19H23N3O3. The molecule has 1 aromatic heterocycles. The molecule has 0 unspecified atom stereocenters. The van der Waals surface area contributed by atoms with Crippen molar-refractivity contribution >= 4 is 5.91 Å². The highest BCUT2D eigenvalue weighted by Crippen LogP contribution is 2.14. The van der Waals surface area contributed by atoms with Crippen LogP contribution in [0.5, 0.6) is 5.88 Å². The summed E-state index contributed by atoms with van der Waals surface area (Å²) in [5.41, 5.74) is 1.59. The quantitative estimate of drug-likeness (QED) is 0.832. The third kappa shape index (κ3) is 4.78. The number of β-amino-alcohol motifs (C(OH)–C–C–N with tert-alkyl or cyclic N) is 1. The molecule has 1 saturated heterocycles. The van der Waals surface area contributed by atoms with E-state index in [0.29, 0.717) is 37.6 Å². The molecular weight excluding hydrogens is 318 g/mol. The number of nitrogens with one attached hydrogen (secondary N) is 1. The number of pyridine rings is 1. The molecule has 0 spiro atoms. The van der Waals surface area contributed by atoms with Crippen molar-refractivity contribution in [1.29, 1.82) is 0 Å². The van der Waals surface area contributed by atoms with Gasteiger partial charge in [-0.05, 0) is 18.1 Å². The Morgan fingerprint density at radius 1 is 1.36 bits per heavy atom. The third-order valence-corrected chi connectivity index (χ3v) is 4.25. The van der Waals surface area contributed by atoms with Crippen molar-refractivity contribution in [2.45, 2.75) is 25.2 Å². The smallest absolute Gasteiger partial charge is 0.253 e. The highest BCUT2D eigenvalue weighted by atomic mass is 16.5. The monoisotopic (exact) mass is 341 g/mol. The molecule has 1 aliphatic heterocycles. The van der Waals surface area contributed by atoms with Crippen molar-refractivity contribution in [2.75, 3.05) is 20.1 Å². The number of hydrogen-bond donors (Lipinski definition) is 2. The second kappa shape index (κ2) is 8.09. The molecule has 2 heterocycles. The number of benzene rings is 1. The Kier molecular flexibility index (Phi) is 5.63. The summed E-state index contributed by atoms with van der Waals surface area (Å²) in [6.45, 7) is 1.54. The van der Waals surface area contributed by atoms with Crippen LogP contribution in [-0.4, -0.2) is 53.2 Å². The van der Waals surface area contributed by atoms with Crippen molar-refractivity contribution in [3.05, 3.63) is 59.8 Å². The molecule has 3 rings (SSSR count). The summed E-state index contributed by atoms with van der Waals surface area (Å²) in [5.74, 6) is 0.340. The molecule has 2 N–H and O–H groups in total. The zero-order chi connectivity index (χ0) is 17.6.